The smallest absolute Gasteiger partial charge is 0.261 e. The number of ether oxygens (including phenoxy) is 1. The molecule has 118 valence electrons. The number of aromatic nitrogens is 3. The molecule has 3 aromatic rings. The van der Waals surface area contributed by atoms with Crippen LogP contribution in [0.4, 0.5) is 0 Å². The number of nitrogens with zero attached hydrogens (tertiary/aromatic N) is 3. The molecule has 5 rings (SSSR count). The minimum absolute atomic E-state index is 0.0175. The summed E-state index contributed by atoms with van der Waals surface area (Å²) in [6, 6.07) is 10.1. The Labute approximate surface area is 138 Å². The summed E-state index contributed by atoms with van der Waals surface area (Å²) in [6.07, 6.45) is 2.50. The van der Waals surface area contributed by atoms with Gasteiger partial charge in [0.25, 0.3) is 5.56 Å². The van der Waals surface area contributed by atoms with Crippen LogP contribution in [0.5, 0.6) is 0 Å². The van der Waals surface area contributed by atoms with Crippen molar-refractivity contribution < 1.29 is 4.74 Å². The van der Waals surface area contributed by atoms with Gasteiger partial charge >= 0.3 is 0 Å². The molecule has 0 aliphatic carbocycles. The predicted octanol–water partition coefficient (Wildman–Crippen LogP) is 3.10. The molecule has 0 spiro atoms. The van der Waals surface area contributed by atoms with Crippen LogP contribution < -0.4 is 5.56 Å². The van der Waals surface area contributed by atoms with Crippen LogP contribution in [0.25, 0.3) is 28.0 Å². The first kappa shape index (κ1) is 13.5. The second kappa shape index (κ2) is 4.77. The third-order valence-electron chi connectivity index (χ3n) is 4.74. The number of hydrogen-bond acceptors (Lipinski definition) is 4. The van der Waals surface area contributed by atoms with Crippen LogP contribution in [0, 0.1) is 0 Å². The van der Waals surface area contributed by atoms with Gasteiger partial charge in [0.15, 0.2) is 5.82 Å². The van der Waals surface area contributed by atoms with Gasteiger partial charge in [-0.25, -0.2) is 9.97 Å². The Bertz CT molecular complexity index is 1100. The fraction of sp³-hybridized carbons (Fsp3) is 0.211. The van der Waals surface area contributed by atoms with E-state index in [0.717, 1.165) is 39.8 Å². The van der Waals surface area contributed by atoms with Gasteiger partial charge in [0.2, 0.25) is 0 Å². The molecule has 2 aliphatic rings. The van der Waals surface area contributed by atoms with E-state index in [9.17, 15) is 4.79 Å². The second-order valence-electron chi connectivity index (χ2n) is 6.15. The molecule has 0 atom stereocenters. The minimum Gasteiger partial charge on any atom is -0.496 e. The van der Waals surface area contributed by atoms with Gasteiger partial charge in [-0.2, -0.15) is 0 Å². The van der Waals surface area contributed by atoms with Crippen LogP contribution in [0.3, 0.4) is 0 Å². The van der Waals surface area contributed by atoms with Crippen LogP contribution in [0.1, 0.15) is 30.2 Å². The first-order chi connectivity index (χ1) is 11.8. The summed E-state index contributed by atoms with van der Waals surface area (Å²) in [6.45, 7) is 2.85. The van der Waals surface area contributed by atoms with Crippen LogP contribution in [-0.2, 0) is 17.9 Å². The van der Waals surface area contributed by atoms with Crippen LogP contribution >= 0.6 is 0 Å². The summed E-state index contributed by atoms with van der Waals surface area (Å²) in [7, 11) is 0. The molecule has 2 aromatic heterocycles. The van der Waals surface area contributed by atoms with Crippen LogP contribution in [0.15, 0.2) is 41.4 Å². The van der Waals surface area contributed by atoms with Gasteiger partial charge in [0.05, 0.1) is 29.6 Å². The number of hydrogen-bond donors (Lipinski definition) is 0. The number of pyridine rings is 1. The van der Waals surface area contributed by atoms with Gasteiger partial charge in [-0.3, -0.25) is 9.36 Å². The Hall–Kier alpha value is -2.95. The van der Waals surface area contributed by atoms with Gasteiger partial charge in [-0.1, -0.05) is 25.1 Å². The number of allylic oxidation sites excluding steroid dienone is 1. The van der Waals surface area contributed by atoms with E-state index in [1.54, 1.807) is 10.8 Å². The monoisotopic (exact) mass is 317 g/mol. The topological polar surface area (TPSA) is 57.0 Å². The van der Waals surface area contributed by atoms with Gasteiger partial charge in [0, 0.05) is 16.5 Å². The molecular weight excluding hydrogens is 302 g/mol. The summed E-state index contributed by atoms with van der Waals surface area (Å²) in [5.41, 5.74) is 5.14. The highest BCUT2D eigenvalue weighted by Crippen LogP contribution is 2.33. The number of fused-ring (bicyclic) bond motifs is 5. The SMILES string of the molecule is CCC1=COCc2c1nc1n(c2=O)Cc2cc3ccccc3nc2-1. The lowest BCUT2D eigenvalue weighted by Crippen LogP contribution is -2.27. The highest BCUT2D eigenvalue weighted by atomic mass is 16.5. The molecule has 0 saturated carbocycles. The van der Waals surface area contributed by atoms with E-state index in [0.29, 0.717) is 17.9 Å². The minimum atomic E-state index is -0.0175. The third kappa shape index (κ3) is 1.72. The van der Waals surface area contributed by atoms with Crippen molar-refractivity contribution in [3.63, 3.8) is 0 Å². The Balaban J connectivity index is 1.81. The predicted molar refractivity (Wildman–Crippen MR) is 91.4 cm³/mol. The summed E-state index contributed by atoms with van der Waals surface area (Å²) < 4.78 is 7.17. The molecule has 0 N–H and O–H groups in total. The summed E-state index contributed by atoms with van der Waals surface area (Å²) >= 11 is 0. The second-order valence-corrected chi connectivity index (χ2v) is 6.15. The van der Waals surface area contributed by atoms with Crippen molar-refractivity contribution in [2.24, 2.45) is 0 Å². The van der Waals surface area contributed by atoms with E-state index in [-0.39, 0.29) is 12.2 Å². The number of para-hydroxylation sites is 1. The Morgan fingerprint density at radius 2 is 2.08 bits per heavy atom. The van der Waals surface area contributed by atoms with Crippen molar-refractivity contribution in [2.75, 3.05) is 0 Å². The van der Waals surface area contributed by atoms with Crippen molar-refractivity contribution in [2.45, 2.75) is 26.5 Å². The average Bonchev–Trinajstić information content (AvgIpc) is 2.97. The molecule has 1 aromatic carbocycles. The fourth-order valence-electron chi connectivity index (χ4n) is 3.49. The van der Waals surface area contributed by atoms with E-state index in [4.69, 9.17) is 14.7 Å². The van der Waals surface area contributed by atoms with E-state index in [2.05, 4.69) is 6.07 Å². The summed E-state index contributed by atoms with van der Waals surface area (Å²) in [4.78, 5) is 22.5. The molecule has 0 radical (unpaired) electrons. The van der Waals surface area contributed by atoms with Crippen molar-refractivity contribution in [3.8, 4) is 11.5 Å². The Kier molecular flexibility index (Phi) is 2.68. The van der Waals surface area contributed by atoms with E-state index < -0.39 is 0 Å². The van der Waals surface area contributed by atoms with Gasteiger partial charge in [-0.15, -0.1) is 0 Å². The quantitative estimate of drug-likeness (QED) is 0.541. The third-order valence-corrected chi connectivity index (χ3v) is 4.74. The highest BCUT2D eigenvalue weighted by Gasteiger charge is 2.28. The molecule has 0 fully saturated rings. The summed E-state index contributed by atoms with van der Waals surface area (Å²) in [5.74, 6) is 0.667. The summed E-state index contributed by atoms with van der Waals surface area (Å²) in [5, 5.41) is 1.08. The number of benzene rings is 1. The van der Waals surface area contributed by atoms with Crippen molar-refractivity contribution in [3.05, 3.63) is 63.8 Å². The molecule has 0 saturated heterocycles. The first-order valence-electron chi connectivity index (χ1n) is 8.10. The molecule has 5 nitrogen and oxygen atoms in total. The van der Waals surface area contributed by atoms with Crippen molar-refractivity contribution in [1.29, 1.82) is 0 Å². The van der Waals surface area contributed by atoms with Gasteiger partial charge in [0.1, 0.15) is 12.3 Å². The van der Waals surface area contributed by atoms with Gasteiger partial charge in [-0.05, 0) is 18.6 Å². The first-order valence-corrected chi connectivity index (χ1v) is 8.10. The zero-order valence-electron chi connectivity index (χ0n) is 13.2. The lowest BCUT2D eigenvalue weighted by Gasteiger charge is -2.17. The zero-order chi connectivity index (χ0) is 16.3. The molecule has 4 heterocycles. The number of rotatable bonds is 1. The maximum absolute atomic E-state index is 12.9. The molecule has 0 bridgehead atoms. The molecule has 0 amide bonds. The lowest BCUT2D eigenvalue weighted by atomic mass is 10.0. The molecule has 24 heavy (non-hydrogen) atoms. The van der Waals surface area contributed by atoms with Crippen molar-refractivity contribution >= 4 is 16.5 Å². The Morgan fingerprint density at radius 1 is 1.21 bits per heavy atom. The normalized spacial score (nSPS) is 14.6. The van der Waals surface area contributed by atoms with E-state index in [1.165, 1.54) is 0 Å². The Morgan fingerprint density at radius 3 is 2.96 bits per heavy atom. The van der Waals surface area contributed by atoms with Crippen molar-refractivity contribution in [1.82, 2.24) is 14.5 Å². The van der Waals surface area contributed by atoms with Crippen LogP contribution in [-0.4, -0.2) is 14.5 Å². The maximum Gasteiger partial charge on any atom is 0.261 e. The zero-order valence-corrected chi connectivity index (χ0v) is 13.2. The van der Waals surface area contributed by atoms with Gasteiger partial charge < -0.3 is 4.74 Å². The lowest BCUT2D eigenvalue weighted by molar-refractivity contribution is 0.229. The molecule has 2 aliphatic heterocycles. The van der Waals surface area contributed by atoms with Crippen LogP contribution in [0.2, 0.25) is 0 Å². The standard InChI is InChI=1S/C19H15N3O2/c1-2-11-9-24-10-14-16(11)21-18-17-13(8-22(18)19(14)23)7-12-5-3-4-6-15(12)20-17/h3-7,9H,2,8,10H2,1H3. The fourth-order valence-corrected chi connectivity index (χ4v) is 3.49. The molecule has 5 heteroatoms. The largest absolute Gasteiger partial charge is 0.496 e. The maximum atomic E-state index is 12.9. The highest BCUT2D eigenvalue weighted by molar-refractivity contribution is 5.83. The van der Waals surface area contributed by atoms with E-state index in [1.807, 2.05) is 31.2 Å². The van der Waals surface area contributed by atoms with E-state index >= 15 is 0 Å². The molecular formula is C19H15N3O2. The molecule has 0 unspecified atom stereocenters. The average molecular weight is 317 g/mol.